The van der Waals surface area contributed by atoms with E-state index in [1.807, 2.05) is 18.2 Å². The summed E-state index contributed by atoms with van der Waals surface area (Å²) in [7, 11) is 1.71. The van der Waals surface area contributed by atoms with Crippen LogP contribution in [0.2, 0.25) is 0 Å². The molecular formula is C22H31N3O4. The predicted octanol–water partition coefficient (Wildman–Crippen LogP) is 1.97. The molecular weight excluding hydrogens is 370 g/mol. The number of aromatic nitrogens is 1. The van der Waals surface area contributed by atoms with Gasteiger partial charge in [0.2, 0.25) is 0 Å². The van der Waals surface area contributed by atoms with Crippen molar-refractivity contribution in [1.82, 2.24) is 9.47 Å². The second kappa shape index (κ2) is 8.55. The largest absolute Gasteiger partial charge is 0.495 e. The Morgan fingerprint density at radius 1 is 1.00 bits per heavy atom. The number of piperazine rings is 1. The molecule has 3 N–H and O–H groups in total. The zero-order chi connectivity index (χ0) is 20.4. The monoisotopic (exact) mass is 401 g/mol. The van der Waals surface area contributed by atoms with Crippen molar-refractivity contribution in [3.05, 3.63) is 35.4 Å². The molecule has 2 aromatic rings. The van der Waals surface area contributed by atoms with E-state index in [4.69, 9.17) is 4.74 Å². The van der Waals surface area contributed by atoms with Gasteiger partial charge in [-0.3, -0.25) is 9.47 Å². The van der Waals surface area contributed by atoms with Crippen LogP contribution in [-0.2, 0) is 19.4 Å². The van der Waals surface area contributed by atoms with Gasteiger partial charge < -0.3 is 25.0 Å². The second-order valence-corrected chi connectivity index (χ2v) is 8.01. The van der Waals surface area contributed by atoms with E-state index in [-0.39, 0.29) is 11.8 Å². The van der Waals surface area contributed by atoms with Gasteiger partial charge in [0.05, 0.1) is 18.9 Å². The van der Waals surface area contributed by atoms with Crippen molar-refractivity contribution in [3.8, 4) is 17.5 Å². The lowest BCUT2D eigenvalue weighted by atomic mass is 9.93. The quantitative estimate of drug-likeness (QED) is 0.687. The molecule has 29 heavy (non-hydrogen) atoms. The molecule has 1 aromatic carbocycles. The van der Waals surface area contributed by atoms with Crippen LogP contribution in [0.4, 0.5) is 5.69 Å². The smallest absolute Gasteiger partial charge is 0.197 e. The highest BCUT2D eigenvalue weighted by Gasteiger charge is 2.28. The number of benzene rings is 1. The molecule has 2 heterocycles. The summed E-state index contributed by atoms with van der Waals surface area (Å²) in [6.45, 7) is 5.35. The molecule has 1 atom stereocenters. The van der Waals surface area contributed by atoms with E-state index in [0.29, 0.717) is 31.4 Å². The number of nitrogens with zero attached hydrogens (tertiary/aromatic N) is 3. The van der Waals surface area contributed by atoms with E-state index in [1.165, 1.54) is 0 Å². The predicted molar refractivity (Wildman–Crippen MR) is 112 cm³/mol. The molecule has 1 unspecified atom stereocenters. The van der Waals surface area contributed by atoms with Gasteiger partial charge >= 0.3 is 0 Å². The van der Waals surface area contributed by atoms with Gasteiger partial charge in [0.1, 0.15) is 5.75 Å². The van der Waals surface area contributed by atoms with Crippen molar-refractivity contribution in [2.75, 3.05) is 44.7 Å². The van der Waals surface area contributed by atoms with Crippen LogP contribution in [0, 0.1) is 0 Å². The van der Waals surface area contributed by atoms with Gasteiger partial charge in [-0.15, -0.1) is 0 Å². The highest BCUT2D eigenvalue weighted by molar-refractivity contribution is 5.58. The third-order valence-electron chi connectivity index (χ3n) is 6.24. The van der Waals surface area contributed by atoms with Crippen molar-refractivity contribution >= 4 is 5.69 Å². The molecule has 0 saturated carbocycles. The minimum absolute atomic E-state index is 0.122. The molecule has 1 fully saturated rings. The van der Waals surface area contributed by atoms with Crippen LogP contribution >= 0.6 is 0 Å². The summed E-state index contributed by atoms with van der Waals surface area (Å²) in [5, 5.41) is 30.8. The highest BCUT2D eigenvalue weighted by atomic mass is 16.5. The minimum Gasteiger partial charge on any atom is -0.495 e. The van der Waals surface area contributed by atoms with Crippen molar-refractivity contribution in [2.24, 2.45) is 0 Å². The second-order valence-electron chi connectivity index (χ2n) is 8.01. The van der Waals surface area contributed by atoms with Crippen molar-refractivity contribution in [2.45, 2.75) is 38.3 Å². The van der Waals surface area contributed by atoms with E-state index < -0.39 is 6.10 Å². The van der Waals surface area contributed by atoms with Crippen LogP contribution < -0.4 is 9.64 Å². The molecule has 1 saturated heterocycles. The number of anilines is 1. The number of aliphatic hydroxyl groups excluding tert-OH is 1. The summed E-state index contributed by atoms with van der Waals surface area (Å²) >= 11 is 0. The molecule has 1 aliphatic carbocycles. The summed E-state index contributed by atoms with van der Waals surface area (Å²) in [6.07, 6.45) is 2.11. The number of aliphatic hydroxyl groups is 1. The number of para-hydroxylation sites is 2. The maximum Gasteiger partial charge on any atom is 0.197 e. The molecule has 0 radical (unpaired) electrons. The standard InChI is InChI=1S/C22H31N3O4/c1-29-20-6-3-2-5-19(20)24-13-11-23(12-14-24)9-4-10-25-21(27)17-8-7-16(26)15-18(17)22(25)28/h2-3,5-6,16,26-28H,4,7-15H2,1H3. The van der Waals surface area contributed by atoms with Crippen LogP contribution in [0.1, 0.15) is 24.0 Å². The Bertz CT molecular complexity index is 843. The molecule has 1 aromatic heterocycles. The van der Waals surface area contributed by atoms with Crippen LogP contribution in [0.25, 0.3) is 0 Å². The van der Waals surface area contributed by atoms with E-state index in [9.17, 15) is 15.3 Å². The van der Waals surface area contributed by atoms with E-state index in [0.717, 1.165) is 56.1 Å². The first-order valence-corrected chi connectivity index (χ1v) is 10.5. The average Bonchev–Trinajstić information content (AvgIpc) is 2.98. The zero-order valence-corrected chi connectivity index (χ0v) is 17.0. The fraction of sp³-hybridized carbons (Fsp3) is 0.545. The first-order valence-electron chi connectivity index (χ1n) is 10.5. The number of hydrogen-bond donors (Lipinski definition) is 3. The number of methoxy groups -OCH3 is 1. The first kappa shape index (κ1) is 19.9. The maximum atomic E-state index is 10.5. The minimum atomic E-state index is -0.428. The van der Waals surface area contributed by atoms with E-state index >= 15 is 0 Å². The number of aromatic hydroxyl groups is 2. The number of fused-ring (bicyclic) bond motifs is 1. The Balaban J connectivity index is 1.30. The van der Waals surface area contributed by atoms with Gasteiger partial charge in [-0.1, -0.05) is 12.1 Å². The third-order valence-corrected chi connectivity index (χ3v) is 6.24. The third kappa shape index (κ3) is 4.02. The fourth-order valence-electron chi connectivity index (χ4n) is 4.59. The number of ether oxygens (including phenoxy) is 1. The molecule has 0 amide bonds. The molecule has 7 heteroatoms. The Morgan fingerprint density at radius 2 is 1.72 bits per heavy atom. The van der Waals surface area contributed by atoms with Gasteiger partial charge in [-0.2, -0.15) is 0 Å². The molecule has 158 valence electrons. The lowest BCUT2D eigenvalue weighted by Crippen LogP contribution is -2.46. The Hall–Kier alpha value is -2.38. The Morgan fingerprint density at radius 3 is 2.48 bits per heavy atom. The highest BCUT2D eigenvalue weighted by Crippen LogP contribution is 2.38. The number of rotatable bonds is 6. The Labute approximate surface area is 171 Å². The van der Waals surface area contributed by atoms with Crippen LogP contribution in [0.5, 0.6) is 17.5 Å². The van der Waals surface area contributed by atoms with Crippen molar-refractivity contribution < 1.29 is 20.1 Å². The molecule has 7 nitrogen and oxygen atoms in total. The summed E-state index contributed by atoms with van der Waals surface area (Å²) in [6, 6.07) is 8.13. The van der Waals surface area contributed by atoms with Crippen molar-refractivity contribution in [3.63, 3.8) is 0 Å². The van der Waals surface area contributed by atoms with E-state index in [1.54, 1.807) is 11.7 Å². The van der Waals surface area contributed by atoms with Crippen LogP contribution in [0.15, 0.2) is 24.3 Å². The summed E-state index contributed by atoms with van der Waals surface area (Å²) in [4.78, 5) is 4.78. The molecule has 0 bridgehead atoms. The summed E-state index contributed by atoms with van der Waals surface area (Å²) < 4.78 is 7.09. The van der Waals surface area contributed by atoms with Gasteiger partial charge in [0, 0.05) is 50.3 Å². The summed E-state index contributed by atoms with van der Waals surface area (Å²) in [5.74, 6) is 1.20. The number of hydrogen-bond acceptors (Lipinski definition) is 6. The SMILES string of the molecule is COc1ccccc1N1CCN(CCCn2c(O)c3c(c2O)CC(O)CC3)CC1. The van der Waals surface area contributed by atoms with Gasteiger partial charge in [0.25, 0.3) is 0 Å². The summed E-state index contributed by atoms with van der Waals surface area (Å²) in [5.41, 5.74) is 2.66. The Kier molecular flexibility index (Phi) is 5.87. The van der Waals surface area contributed by atoms with E-state index in [2.05, 4.69) is 15.9 Å². The zero-order valence-electron chi connectivity index (χ0n) is 17.0. The fourth-order valence-corrected chi connectivity index (χ4v) is 4.59. The van der Waals surface area contributed by atoms with Crippen LogP contribution in [0.3, 0.4) is 0 Å². The lowest BCUT2D eigenvalue weighted by Gasteiger charge is -2.36. The molecule has 2 aliphatic rings. The lowest BCUT2D eigenvalue weighted by molar-refractivity contribution is 0.157. The van der Waals surface area contributed by atoms with Gasteiger partial charge in [-0.05, 0) is 37.9 Å². The topological polar surface area (TPSA) is 81.3 Å². The van der Waals surface area contributed by atoms with Crippen molar-refractivity contribution in [1.29, 1.82) is 0 Å². The molecule has 4 rings (SSSR count). The van der Waals surface area contributed by atoms with Gasteiger partial charge in [-0.25, -0.2) is 0 Å². The first-order chi connectivity index (χ1) is 14.1. The molecule has 0 spiro atoms. The maximum absolute atomic E-state index is 10.5. The average molecular weight is 402 g/mol. The van der Waals surface area contributed by atoms with Crippen LogP contribution in [-0.4, -0.2) is 70.7 Å². The normalized spacial score (nSPS) is 19.9. The molecule has 1 aliphatic heterocycles. The van der Waals surface area contributed by atoms with Gasteiger partial charge in [0.15, 0.2) is 11.8 Å².